The summed E-state index contributed by atoms with van der Waals surface area (Å²) in [5.41, 5.74) is 2.80. The molecular formula is C16H15N3O2. The third-order valence-electron chi connectivity index (χ3n) is 3.26. The number of rotatable bonds is 4. The van der Waals surface area contributed by atoms with Crippen LogP contribution in [0.3, 0.4) is 0 Å². The van der Waals surface area contributed by atoms with Crippen molar-refractivity contribution >= 4 is 23.1 Å². The van der Waals surface area contributed by atoms with E-state index in [1.54, 1.807) is 0 Å². The molecule has 5 nitrogen and oxygen atoms in total. The Morgan fingerprint density at radius 1 is 1.10 bits per heavy atom. The van der Waals surface area contributed by atoms with Gasteiger partial charge in [0, 0.05) is 29.7 Å². The van der Waals surface area contributed by atoms with Crippen LogP contribution in [0.25, 0.3) is 23.1 Å². The van der Waals surface area contributed by atoms with Crippen molar-refractivity contribution in [3.63, 3.8) is 0 Å². The molecule has 0 spiro atoms. The van der Waals surface area contributed by atoms with Gasteiger partial charge in [-0.15, -0.1) is 0 Å². The SMILES string of the molecule is OCCn1ccc2cc(/C=C/c3cc(O)ncn3)ccc21. The maximum Gasteiger partial charge on any atom is 0.214 e. The van der Waals surface area contributed by atoms with Gasteiger partial charge in [0.15, 0.2) is 0 Å². The van der Waals surface area contributed by atoms with Crippen LogP contribution in [0.1, 0.15) is 11.3 Å². The molecule has 2 N–H and O–H groups in total. The fourth-order valence-electron chi connectivity index (χ4n) is 2.26. The maximum atomic E-state index is 9.30. The average molecular weight is 281 g/mol. The summed E-state index contributed by atoms with van der Waals surface area (Å²) < 4.78 is 2.02. The molecule has 2 heterocycles. The van der Waals surface area contributed by atoms with Crippen molar-refractivity contribution in [1.29, 1.82) is 0 Å². The van der Waals surface area contributed by atoms with E-state index in [-0.39, 0.29) is 12.5 Å². The van der Waals surface area contributed by atoms with Crippen LogP contribution in [0.15, 0.2) is 42.9 Å². The summed E-state index contributed by atoms with van der Waals surface area (Å²) in [6, 6.07) is 9.64. The molecule has 0 saturated heterocycles. The molecule has 0 unspecified atom stereocenters. The van der Waals surface area contributed by atoms with Crippen LogP contribution in [0.5, 0.6) is 5.88 Å². The molecule has 0 aliphatic rings. The number of hydrogen-bond donors (Lipinski definition) is 2. The van der Waals surface area contributed by atoms with E-state index >= 15 is 0 Å². The predicted octanol–water partition coefficient (Wildman–Crippen LogP) is 2.30. The number of aliphatic hydroxyl groups is 1. The van der Waals surface area contributed by atoms with Crippen LogP contribution in [-0.2, 0) is 6.54 Å². The molecule has 0 amide bonds. The molecule has 0 aliphatic heterocycles. The van der Waals surface area contributed by atoms with Gasteiger partial charge in [-0.05, 0) is 29.8 Å². The molecule has 2 aromatic heterocycles. The Morgan fingerprint density at radius 2 is 2.00 bits per heavy atom. The quantitative estimate of drug-likeness (QED) is 0.769. The molecule has 3 rings (SSSR count). The Morgan fingerprint density at radius 3 is 2.81 bits per heavy atom. The van der Waals surface area contributed by atoms with E-state index in [1.165, 1.54) is 12.4 Å². The minimum Gasteiger partial charge on any atom is -0.493 e. The summed E-state index contributed by atoms with van der Waals surface area (Å²) in [4.78, 5) is 7.70. The molecule has 0 fully saturated rings. The number of benzene rings is 1. The van der Waals surface area contributed by atoms with E-state index in [0.29, 0.717) is 12.2 Å². The third-order valence-corrected chi connectivity index (χ3v) is 3.26. The van der Waals surface area contributed by atoms with Crippen molar-refractivity contribution in [1.82, 2.24) is 14.5 Å². The van der Waals surface area contributed by atoms with E-state index in [4.69, 9.17) is 5.11 Å². The molecule has 0 bridgehead atoms. The normalized spacial score (nSPS) is 11.5. The molecular weight excluding hydrogens is 266 g/mol. The Kier molecular flexibility index (Phi) is 3.66. The highest BCUT2D eigenvalue weighted by atomic mass is 16.3. The molecule has 0 radical (unpaired) electrons. The lowest BCUT2D eigenvalue weighted by molar-refractivity contribution is 0.278. The first-order valence-corrected chi connectivity index (χ1v) is 6.65. The first kappa shape index (κ1) is 13.3. The third kappa shape index (κ3) is 2.93. The number of nitrogens with zero attached hydrogens (tertiary/aromatic N) is 3. The largest absolute Gasteiger partial charge is 0.493 e. The molecule has 1 aromatic carbocycles. The molecule has 3 aromatic rings. The van der Waals surface area contributed by atoms with Gasteiger partial charge in [0.25, 0.3) is 0 Å². The van der Waals surface area contributed by atoms with E-state index in [1.807, 2.05) is 41.1 Å². The predicted molar refractivity (Wildman–Crippen MR) is 81.6 cm³/mol. The second-order valence-electron chi connectivity index (χ2n) is 4.69. The summed E-state index contributed by atoms with van der Waals surface area (Å²) in [6.45, 7) is 0.724. The smallest absolute Gasteiger partial charge is 0.214 e. The summed E-state index contributed by atoms with van der Waals surface area (Å²) in [5, 5.41) is 19.4. The zero-order valence-electron chi connectivity index (χ0n) is 11.3. The van der Waals surface area contributed by atoms with Crippen molar-refractivity contribution in [2.45, 2.75) is 6.54 Å². The van der Waals surface area contributed by atoms with Gasteiger partial charge in [0.2, 0.25) is 5.88 Å². The first-order valence-electron chi connectivity index (χ1n) is 6.65. The second-order valence-corrected chi connectivity index (χ2v) is 4.69. The number of aliphatic hydroxyl groups excluding tert-OH is 1. The van der Waals surface area contributed by atoms with Gasteiger partial charge < -0.3 is 14.8 Å². The van der Waals surface area contributed by atoms with E-state index in [9.17, 15) is 5.11 Å². The molecule has 0 atom stereocenters. The van der Waals surface area contributed by atoms with Crippen molar-refractivity contribution in [3.05, 3.63) is 54.1 Å². The lowest BCUT2D eigenvalue weighted by atomic mass is 10.1. The van der Waals surface area contributed by atoms with Crippen molar-refractivity contribution < 1.29 is 10.2 Å². The lowest BCUT2D eigenvalue weighted by Crippen LogP contribution is -1.99. The topological polar surface area (TPSA) is 71.2 Å². The zero-order chi connectivity index (χ0) is 14.7. The highest BCUT2D eigenvalue weighted by Crippen LogP contribution is 2.19. The van der Waals surface area contributed by atoms with Gasteiger partial charge in [-0.2, -0.15) is 0 Å². The van der Waals surface area contributed by atoms with Gasteiger partial charge in [-0.3, -0.25) is 0 Å². The van der Waals surface area contributed by atoms with Crippen molar-refractivity contribution in [3.8, 4) is 5.88 Å². The fraction of sp³-hybridized carbons (Fsp3) is 0.125. The van der Waals surface area contributed by atoms with Gasteiger partial charge in [-0.25, -0.2) is 9.97 Å². The Balaban J connectivity index is 1.88. The molecule has 5 heteroatoms. The highest BCUT2D eigenvalue weighted by molar-refractivity contribution is 5.84. The minimum atomic E-state index is -0.0406. The van der Waals surface area contributed by atoms with Gasteiger partial charge in [-0.1, -0.05) is 12.1 Å². The maximum absolute atomic E-state index is 9.30. The number of fused-ring (bicyclic) bond motifs is 1. The van der Waals surface area contributed by atoms with Gasteiger partial charge in [0.05, 0.1) is 12.3 Å². The van der Waals surface area contributed by atoms with E-state index in [0.717, 1.165) is 16.5 Å². The van der Waals surface area contributed by atoms with Gasteiger partial charge >= 0.3 is 0 Å². The Labute approximate surface area is 121 Å². The molecule has 0 aliphatic carbocycles. The fourth-order valence-corrected chi connectivity index (χ4v) is 2.26. The monoisotopic (exact) mass is 281 g/mol. The van der Waals surface area contributed by atoms with Crippen molar-refractivity contribution in [2.75, 3.05) is 6.61 Å². The standard InChI is InChI=1S/C16H15N3O2/c20-8-7-19-6-5-13-9-12(2-4-15(13)19)1-3-14-10-16(21)18-11-17-14/h1-6,9-11,20H,7-8H2,(H,17,18,21)/b3-1+. The van der Waals surface area contributed by atoms with Crippen LogP contribution < -0.4 is 0 Å². The summed E-state index contributed by atoms with van der Waals surface area (Å²) in [6.07, 6.45) is 7.06. The lowest BCUT2D eigenvalue weighted by Gasteiger charge is -2.02. The number of aromatic hydroxyl groups is 1. The first-order chi connectivity index (χ1) is 10.3. The molecule has 0 saturated carbocycles. The Bertz CT molecular complexity index is 793. The van der Waals surface area contributed by atoms with Crippen LogP contribution in [0.4, 0.5) is 0 Å². The summed E-state index contributed by atoms with van der Waals surface area (Å²) in [7, 11) is 0. The van der Waals surface area contributed by atoms with Crippen LogP contribution in [-0.4, -0.2) is 31.4 Å². The minimum absolute atomic E-state index is 0.0406. The van der Waals surface area contributed by atoms with Crippen LogP contribution >= 0.6 is 0 Å². The van der Waals surface area contributed by atoms with Crippen LogP contribution in [0.2, 0.25) is 0 Å². The van der Waals surface area contributed by atoms with E-state index in [2.05, 4.69) is 16.0 Å². The Hall–Kier alpha value is -2.66. The second kappa shape index (κ2) is 5.76. The molecule has 21 heavy (non-hydrogen) atoms. The summed E-state index contributed by atoms with van der Waals surface area (Å²) >= 11 is 0. The van der Waals surface area contributed by atoms with Crippen LogP contribution in [0, 0.1) is 0 Å². The zero-order valence-corrected chi connectivity index (χ0v) is 11.3. The van der Waals surface area contributed by atoms with Gasteiger partial charge in [0.1, 0.15) is 6.33 Å². The number of hydrogen-bond acceptors (Lipinski definition) is 4. The molecule has 106 valence electrons. The highest BCUT2D eigenvalue weighted by Gasteiger charge is 2.01. The van der Waals surface area contributed by atoms with E-state index < -0.39 is 0 Å². The number of aromatic nitrogens is 3. The van der Waals surface area contributed by atoms with Crippen molar-refractivity contribution in [2.24, 2.45) is 0 Å². The average Bonchev–Trinajstić information content (AvgIpc) is 2.88. The summed E-state index contributed by atoms with van der Waals surface area (Å²) in [5.74, 6) is -0.0406.